The third-order valence-corrected chi connectivity index (χ3v) is 4.47. The summed E-state index contributed by atoms with van der Waals surface area (Å²) in [5.74, 6) is 0.104. The number of nitrogens with zero attached hydrogens (tertiary/aromatic N) is 1. The second-order valence-corrected chi connectivity index (χ2v) is 7.12. The minimum Gasteiger partial charge on any atom is -0.379 e. The molecule has 0 spiro atoms. The summed E-state index contributed by atoms with van der Waals surface area (Å²) in [6.07, 6.45) is 0. The molecule has 2 heterocycles. The van der Waals surface area contributed by atoms with Gasteiger partial charge >= 0.3 is 0 Å². The zero-order valence-electron chi connectivity index (χ0n) is 12.5. The molecule has 5 heteroatoms. The highest BCUT2D eigenvalue weighted by Crippen LogP contribution is 2.25. The zero-order chi connectivity index (χ0) is 14.6. The van der Waals surface area contributed by atoms with Gasteiger partial charge in [0.1, 0.15) is 0 Å². The molecule has 4 nitrogen and oxygen atoms in total. The first-order valence-electron chi connectivity index (χ1n) is 7.12. The van der Waals surface area contributed by atoms with Gasteiger partial charge in [0.25, 0.3) is 0 Å². The van der Waals surface area contributed by atoms with Crippen molar-refractivity contribution in [3.05, 3.63) is 22.4 Å². The van der Waals surface area contributed by atoms with Gasteiger partial charge in [-0.2, -0.15) is 0 Å². The van der Waals surface area contributed by atoms with Gasteiger partial charge in [0.05, 0.1) is 19.3 Å². The molecule has 1 saturated heterocycles. The molecule has 1 fully saturated rings. The minimum atomic E-state index is -0.342. The maximum Gasteiger partial charge on any atom is 0.225 e. The van der Waals surface area contributed by atoms with E-state index in [-0.39, 0.29) is 17.4 Å². The van der Waals surface area contributed by atoms with Crippen LogP contribution in [0.5, 0.6) is 0 Å². The van der Waals surface area contributed by atoms with Gasteiger partial charge in [0.15, 0.2) is 0 Å². The first kappa shape index (κ1) is 15.5. The van der Waals surface area contributed by atoms with Crippen molar-refractivity contribution in [3.8, 4) is 0 Å². The van der Waals surface area contributed by atoms with Gasteiger partial charge in [-0.3, -0.25) is 9.69 Å². The van der Waals surface area contributed by atoms with E-state index in [1.54, 1.807) is 11.3 Å². The molecule has 0 radical (unpaired) electrons. The predicted octanol–water partition coefficient (Wildman–Crippen LogP) is 2.28. The smallest absolute Gasteiger partial charge is 0.225 e. The van der Waals surface area contributed by atoms with Crippen molar-refractivity contribution >= 4 is 17.2 Å². The molecule has 0 saturated carbocycles. The fourth-order valence-corrected chi connectivity index (χ4v) is 3.10. The Kier molecular flexibility index (Phi) is 5.18. The standard InChI is InChI=1S/C15H24N2O2S/c1-15(2,3)14(18)16-11-12(13-5-4-10-20-13)17-6-8-19-9-7-17/h4-5,10,12H,6-9,11H2,1-3H3,(H,16,18)/t12-/m1/s1. The van der Waals surface area contributed by atoms with Crippen LogP contribution in [0.15, 0.2) is 17.5 Å². The molecule has 112 valence electrons. The minimum absolute atomic E-state index is 0.104. The Morgan fingerprint density at radius 3 is 2.70 bits per heavy atom. The van der Waals surface area contributed by atoms with E-state index in [2.05, 4.69) is 27.7 Å². The molecule has 1 aromatic heterocycles. The number of nitrogens with one attached hydrogen (secondary N) is 1. The summed E-state index contributed by atoms with van der Waals surface area (Å²) in [5.41, 5.74) is -0.342. The van der Waals surface area contributed by atoms with Crippen molar-refractivity contribution in [2.45, 2.75) is 26.8 Å². The van der Waals surface area contributed by atoms with E-state index in [9.17, 15) is 4.79 Å². The molecular formula is C15H24N2O2S. The number of carbonyl (C=O) groups excluding carboxylic acids is 1. The average molecular weight is 296 g/mol. The van der Waals surface area contributed by atoms with Gasteiger partial charge in [-0.15, -0.1) is 11.3 Å². The number of ether oxygens (including phenoxy) is 1. The lowest BCUT2D eigenvalue weighted by molar-refractivity contribution is -0.128. The summed E-state index contributed by atoms with van der Waals surface area (Å²) in [5, 5.41) is 5.19. The van der Waals surface area contributed by atoms with E-state index >= 15 is 0 Å². The average Bonchev–Trinajstić information content (AvgIpc) is 2.93. The first-order valence-corrected chi connectivity index (χ1v) is 8.00. The summed E-state index contributed by atoms with van der Waals surface area (Å²) in [6, 6.07) is 4.47. The number of rotatable bonds is 4. The maximum absolute atomic E-state index is 12.1. The molecular weight excluding hydrogens is 272 g/mol. The molecule has 1 aliphatic heterocycles. The van der Waals surface area contributed by atoms with Crippen LogP contribution < -0.4 is 5.32 Å². The Hall–Kier alpha value is -0.910. The van der Waals surface area contributed by atoms with Crippen molar-refractivity contribution in [1.29, 1.82) is 0 Å². The van der Waals surface area contributed by atoms with Crippen molar-refractivity contribution in [1.82, 2.24) is 10.2 Å². The summed E-state index contributed by atoms with van der Waals surface area (Å²) >= 11 is 1.75. The molecule has 0 aromatic carbocycles. The highest BCUT2D eigenvalue weighted by atomic mass is 32.1. The number of hydrogen-bond acceptors (Lipinski definition) is 4. The van der Waals surface area contributed by atoms with E-state index in [1.807, 2.05) is 20.8 Å². The molecule has 1 atom stereocenters. The molecule has 2 rings (SSSR count). The fourth-order valence-electron chi connectivity index (χ4n) is 2.23. The molecule has 1 aromatic rings. The highest BCUT2D eigenvalue weighted by Gasteiger charge is 2.26. The SMILES string of the molecule is CC(C)(C)C(=O)NC[C@H](c1cccs1)N1CCOCC1. The van der Waals surface area contributed by atoms with Crippen LogP contribution in [-0.4, -0.2) is 43.7 Å². The second-order valence-electron chi connectivity index (χ2n) is 6.14. The normalized spacial score (nSPS) is 18.8. The molecule has 1 aliphatic rings. The summed E-state index contributed by atoms with van der Waals surface area (Å²) < 4.78 is 5.42. The molecule has 0 unspecified atom stereocenters. The zero-order valence-corrected chi connectivity index (χ0v) is 13.3. The Morgan fingerprint density at radius 1 is 1.45 bits per heavy atom. The highest BCUT2D eigenvalue weighted by molar-refractivity contribution is 7.10. The summed E-state index contributed by atoms with van der Waals surface area (Å²) in [7, 11) is 0. The van der Waals surface area contributed by atoms with Crippen LogP contribution in [0.25, 0.3) is 0 Å². The molecule has 0 aliphatic carbocycles. The number of hydrogen-bond donors (Lipinski definition) is 1. The number of amides is 1. The van der Waals surface area contributed by atoms with E-state index in [0.717, 1.165) is 26.3 Å². The summed E-state index contributed by atoms with van der Waals surface area (Å²) in [4.78, 5) is 15.8. The van der Waals surface area contributed by atoms with Gasteiger partial charge in [-0.05, 0) is 11.4 Å². The van der Waals surface area contributed by atoms with Gasteiger partial charge in [0, 0.05) is 29.9 Å². The van der Waals surface area contributed by atoms with Crippen LogP contribution in [0.1, 0.15) is 31.7 Å². The van der Waals surface area contributed by atoms with E-state index in [1.165, 1.54) is 4.88 Å². The third-order valence-electron chi connectivity index (χ3n) is 3.50. The lowest BCUT2D eigenvalue weighted by Gasteiger charge is -2.34. The van der Waals surface area contributed by atoms with E-state index in [0.29, 0.717) is 6.54 Å². The predicted molar refractivity (Wildman–Crippen MR) is 81.9 cm³/mol. The summed E-state index contributed by atoms with van der Waals surface area (Å²) in [6.45, 7) is 9.88. The molecule has 1 N–H and O–H groups in total. The third kappa shape index (κ3) is 4.04. The molecule has 20 heavy (non-hydrogen) atoms. The first-order chi connectivity index (χ1) is 9.48. The van der Waals surface area contributed by atoms with E-state index in [4.69, 9.17) is 4.74 Å². The Morgan fingerprint density at radius 2 is 2.15 bits per heavy atom. The lowest BCUT2D eigenvalue weighted by atomic mass is 9.95. The molecule has 1 amide bonds. The Labute approximate surface area is 125 Å². The van der Waals surface area contributed by atoms with Gasteiger partial charge in [-0.1, -0.05) is 26.8 Å². The van der Waals surface area contributed by atoms with Crippen LogP contribution in [0.2, 0.25) is 0 Å². The van der Waals surface area contributed by atoms with E-state index < -0.39 is 0 Å². The van der Waals surface area contributed by atoms with Crippen LogP contribution in [0, 0.1) is 5.41 Å². The van der Waals surface area contributed by atoms with Gasteiger partial charge in [-0.25, -0.2) is 0 Å². The van der Waals surface area contributed by atoms with Crippen molar-refractivity contribution in [2.75, 3.05) is 32.8 Å². The van der Waals surface area contributed by atoms with Crippen molar-refractivity contribution < 1.29 is 9.53 Å². The van der Waals surface area contributed by atoms with Crippen LogP contribution in [-0.2, 0) is 9.53 Å². The van der Waals surface area contributed by atoms with Gasteiger partial charge in [0.2, 0.25) is 5.91 Å². The topological polar surface area (TPSA) is 41.6 Å². The fraction of sp³-hybridized carbons (Fsp3) is 0.667. The molecule has 0 bridgehead atoms. The van der Waals surface area contributed by atoms with Crippen LogP contribution >= 0.6 is 11.3 Å². The lowest BCUT2D eigenvalue weighted by Crippen LogP contribution is -2.45. The maximum atomic E-state index is 12.1. The quantitative estimate of drug-likeness (QED) is 0.927. The van der Waals surface area contributed by atoms with Crippen molar-refractivity contribution in [3.63, 3.8) is 0 Å². The Balaban J connectivity index is 2.02. The van der Waals surface area contributed by atoms with Crippen molar-refractivity contribution in [2.24, 2.45) is 5.41 Å². The van der Waals surface area contributed by atoms with Gasteiger partial charge < -0.3 is 10.1 Å². The van der Waals surface area contributed by atoms with Crippen LogP contribution in [0.3, 0.4) is 0 Å². The van der Waals surface area contributed by atoms with Crippen LogP contribution in [0.4, 0.5) is 0 Å². The number of carbonyl (C=O) groups is 1. The largest absolute Gasteiger partial charge is 0.379 e. The number of morpholine rings is 1. The number of thiophene rings is 1. The second kappa shape index (κ2) is 6.70. The Bertz CT molecular complexity index is 420. The monoisotopic (exact) mass is 296 g/mol.